The fraction of sp³-hybridized carbons (Fsp3) is 0.200. The van der Waals surface area contributed by atoms with Crippen LogP contribution in [0.15, 0.2) is 34.9 Å². The molecule has 0 fully saturated rings. The Morgan fingerprint density at radius 2 is 2.14 bits per heavy atom. The first-order valence-electron chi connectivity index (χ1n) is 6.48. The summed E-state index contributed by atoms with van der Waals surface area (Å²) in [5.74, 6) is -0.0933. The molecule has 0 aliphatic carbocycles. The summed E-state index contributed by atoms with van der Waals surface area (Å²) in [6.07, 6.45) is 1.56. The summed E-state index contributed by atoms with van der Waals surface area (Å²) >= 11 is 3.11. The first kappa shape index (κ1) is 15.4. The van der Waals surface area contributed by atoms with Gasteiger partial charge in [-0.3, -0.25) is 4.79 Å². The smallest absolute Gasteiger partial charge is 0.255 e. The predicted octanol–water partition coefficient (Wildman–Crippen LogP) is 3.98. The monoisotopic (exact) mass is 351 g/mol. The third-order valence-corrected chi connectivity index (χ3v) is 3.50. The van der Waals surface area contributed by atoms with Gasteiger partial charge in [0.15, 0.2) is 0 Å². The minimum Gasteiger partial charge on any atom is -0.370 e. The van der Waals surface area contributed by atoms with Gasteiger partial charge in [-0.1, -0.05) is 0 Å². The van der Waals surface area contributed by atoms with E-state index in [0.717, 1.165) is 12.1 Å². The molecular weight excluding hydrogens is 337 g/mol. The lowest BCUT2D eigenvalue weighted by atomic mass is 10.1. The van der Waals surface area contributed by atoms with Gasteiger partial charge in [-0.25, -0.2) is 9.37 Å². The number of benzene rings is 1. The van der Waals surface area contributed by atoms with Crippen LogP contribution in [0.25, 0.3) is 0 Å². The van der Waals surface area contributed by atoms with Crippen molar-refractivity contribution in [3.8, 4) is 0 Å². The van der Waals surface area contributed by atoms with Gasteiger partial charge < -0.3 is 10.6 Å². The summed E-state index contributed by atoms with van der Waals surface area (Å²) in [6, 6.07) is 6.19. The SMILES string of the molecule is CCNc1cc(C(=O)Nc2cc(F)c(Br)cc2C)ccn1. The van der Waals surface area contributed by atoms with E-state index in [4.69, 9.17) is 0 Å². The van der Waals surface area contributed by atoms with Crippen molar-refractivity contribution < 1.29 is 9.18 Å². The second kappa shape index (κ2) is 6.67. The minimum absolute atomic E-state index is 0.304. The quantitative estimate of drug-likeness (QED) is 0.875. The van der Waals surface area contributed by atoms with E-state index in [2.05, 4.69) is 31.5 Å². The predicted molar refractivity (Wildman–Crippen MR) is 85.2 cm³/mol. The van der Waals surface area contributed by atoms with E-state index in [1.54, 1.807) is 31.3 Å². The van der Waals surface area contributed by atoms with Crippen LogP contribution in [0.1, 0.15) is 22.8 Å². The van der Waals surface area contributed by atoms with Crippen molar-refractivity contribution in [2.75, 3.05) is 17.2 Å². The van der Waals surface area contributed by atoms with E-state index in [1.807, 2.05) is 6.92 Å². The second-order valence-corrected chi connectivity index (χ2v) is 5.35. The Hall–Kier alpha value is -1.95. The second-order valence-electron chi connectivity index (χ2n) is 4.50. The van der Waals surface area contributed by atoms with E-state index < -0.39 is 5.82 Å². The number of rotatable bonds is 4. The molecule has 2 N–H and O–H groups in total. The van der Waals surface area contributed by atoms with Gasteiger partial charge in [0.25, 0.3) is 5.91 Å². The molecule has 0 radical (unpaired) electrons. The highest BCUT2D eigenvalue weighted by Crippen LogP contribution is 2.24. The van der Waals surface area contributed by atoms with Crippen molar-refractivity contribution in [1.82, 2.24) is 4.98 Å². The number of carbonyl (C=O) groups is 1. The lowest BCUT2D eigenvalue weighted by molar-refractivity contribution is 0.102. The summed E-state index contributed by atoms with van der Waals surface area (Å²) < 4.78 is 13.9. The molecular formula is C15H15BrFN3O. The van der Waals surface area contributed by atoms with Crippen molar-refractivity contribution in [2.45, 2.75) is 13.8 Å². The number of nitrogens with one attached hydrogen (secondary N) is 2. The van der Waals surface area contributed by atoms with Crippen LogP contribution < -0.4 is 10.6 Å². The third-order valence-electron chi connectivity index (χ3n) is 2.90. The molecule has 0 unspecified atom stereocenters. The van der Waals surface area contributed by atoms with Crippen LogP contribution in [0.5, 0.6) is 0 Å². The molecule has 1 aromatic heterocycles. The average molecular weight is 352 g/mol. The third kappa shape index (κ3) is 3.78. The van der Waals surface area contributed by atoms with Gasteiger partial charge in [-0.2, -0.15) is 0 Å². The number of carbonyl (C=O) groups excluding carboxylic acids is 1. The topological polar surface area (TPSA) is 54.0 Å². The van der Waals surface area contributed by atoms with Gasteiger partial charge in [-0.15, -0.1) is 0 Å². The minimum atomic E-state index is -0.418. The maximum absolute atomic E-state index is 13.6. The zero-order valence-corrected chi connectivity index (χ0v) is 13.3. The van der Waals surface area contributed by atoms with Crippen molar-refractivity contribution in [3.63, 3.8) is 0 Å². The first-order valence-corrected chi connectivity index (χ1v) is 7.27. The maximum Gasteiger partial charge on any atom is 0.255 e. The molecule has 2 aromatic rings. The van der Waals surface area contributed by atoms with Crippen LogP contribution >= 0.6 is 15.9 Å². The van der Waals surface area contributed by atoms with Crippen LogP contribution in [0.3, 0.4) is 0 Å². The fourth-order valence-corrected chi connectivity index (χ4v) is 2.28. The number of aromatic nitrogens is 1. The van der Waals surface area contributed by atoms with Gasteiger partial charge >= 0.3 is 0 Å². The van der Waals surface area contributed by atoms with E-state index in [-0.39, 0.29) is 5.91 Å². The van der Waals surface area contributed by atoms with Crippen molar-refractivity contribution in [1.29, 1.82) is 0 Å². The van der Waals surface area contributed by atoms with Gasteiger partial charge in [0.1, 0.15) is 11.6 Å². The lowest BCUT2D eigenvalue weighted by Gasteiger charge is -2.10. The van der Waals surface area contributed by atoms with Crippen LogP contribution in [-0.2, 0) is 0 Å². The van der Waals surface area contributed by atoms with E-state index >= 15 is 0 Å². The Morgan fingerprint density at radius 1 is 1.38 bits per heavy atom. The number of anilines is 2. The highest BCUT2D eigenvalue weighted by Gasteiger charge is 2.11. The van der Waals surface area contributed by atoms with Crippen LogP contribution in [0.4, 0.5) is 15.9 Å². The largest absolute Gasteiger partial charge is 0.370 e. The van der Waals surface area contributed by atoms with E-state index in [0.29, 0.717) is 21.5 Å². The van der Waals surface area contributed by atoms with Crippen molar-refractivity contribution in [3.05, 3.63) is 51.9 Å². The molecule has 1 heterocycles. The Morgan fingerprint density at radius 3 is 2.86 bits per heavy atom. The standard InChI is InChI=1S/C15H15BrFN3O/c1-3-18-14-7-10(4-5-19-14)15(21)20-13-8-12(17)11(16)6-9(13)2/h4-8H,3H2,1-2H3,(H,18,19)(H,20,21). The first-order chi connectivity index (χ1) is 10.0. The van der Waals surface area contributed by atoms with Crippen molar-refractivity contribution in [2.24, 2.45) is 0 Å². The van der Waals surface area contributed by atoms with E-state index in [1.165, 1.54) is 6.07 Å². The molecule has 0 saturated carbocycles. The summed E-state index contributed by atoms with van der Waals surface area (Å²) in [6.45, 7) is 4.47. The fourth-order valence-electron chi connectivity index (χ4n) is 1.83. The molecule has 0 aliphatic heterocycles. The zero-order valence-electron chi connectivity index (χ0n) is 11.7. The normalized spacial score (nSPS) is 10.3. The number of amides is 1. The molecule has 1 aromatic carbocycles. The molecule has 0 atom stereocenters. The molecule has 1 amide bonds. The van der Waals surface area contributed by atoms with Gasteiger partial charge in [0.2, 0.25) is 0 Å². The number of hydrogen-bond acceptors (Lipinski definition) is 3. The number of halogens is 2. The van der Waals surface area contributed by atoms with Crippen molar-refractivity contribution >= 4 is 33.3 Å². The van der Waals surface area contributed by atoms with Gasteiger partial charge in [0.05, 0.1) is 4.47 Å². The molecule has 2 rings (SSSR count). The molecule has 110 valence electrons. The maximum atomic E-state index is 13.6. The summed E-state index contributed by atoms with van der Waals surface area (Å²) in [5, 5.41) is 5.75. The summed E-state index contributed by atoms with van der Waals surface area (Å²) in [7, 11) is 0. The average Bonchev–Trinajstić information content (AvgIpc) is 2.45. The Bertz CT molecular complexity index is 676. The lowest BCUT2D eigenvalue weighted by Crippen LogP contribution is -2.14. The number of hydrogen-bond donors (Lipinski definition) is 2. The zero-order chi connectivity index (χ0) is 15.4. The van der Waals surface area contributed by atoms with Gasteiger partial charge in [0, 0.05) is 24.0 Å². The van der Waals surface area contributed by atoms with Gasteiger partial charge in [-0.05, 0) is 59.6 Å². The van der Waals surface area contributed by atoms with Crippen LogP contribution in [0.2, 0.25) is 0 Å². The molecule has 0 bridgehead atoms. The highest BCUT2D eigenvalue weighted by atomic mass is 79.9. The number of pyridine rings is 1. The molecule has 0 spiro atoms. The summed E-state index contributed by atoms with van der Waals surface area (Å²) in [4.78, 5) is 16.3. The van der Waals surface area contributed by atoms with E-state index in [9.17, 15) is 9.18 Å². The Balaban J connectivity index is 2.22. The van der Waals surface area contributed by atoms with Crippen LogP contribution in [0, 0.1) is 12.7 Å². The number of aryl methyl sites for hydroxylation is 1. The Labute approximate surface area is 130 Å². The molecule has 6 heteroatoms. The number of nitrogens with zero attached hydrogens (tertiary/aromatic N) is 1. The molecule has 4 nitrogen and oxygen atoms in total. The van der Waals surface area contributed by atoms with Crippen LogP contribution in [-0.4, -0.2) is 17.4 Å². The molecule has 0 saturated heterocycles. The Kier molecular flexibility index (Phi) is 4.90. The molecule has 0 aliphatic rings. The summed E-state index contributed by atoms with van der Waals surface area (Å²) in [5.41, 5.74) is 1.68. The highest BCUT2D eigenvalue weighted by molar-refractivity contribution is 9.10. The molecule has 21 heavy (non-hydrogen) atoms.